The smallest absolute Gasteiger partial charge is 0.341 e. The lowest BCUT2D eigenvalue weighted by Gasteiger charge is -2.11. The average Bonchev–Trinajstić information content (AvgIpc) is 3.33. The van der Waals surface area contributed by atoms with Crippen molar-refractivity contribution in [3.8, 4) is 0 Å². The number of fused-ring (bicyclic) bond motifs is 1. The summed E-state index contributed by atoms with van der Waals surface area (Å²) >= 11 is 13.4. The molecule has 3 aromatic rings. The molecule has 0 aliphatic heterocycles. The number of thiophene rings is 1. The number of carbonyl (C=O) groups is 1. The maximum absolute atomic E-state index is 12.6. The molecule has 0 amide bonds. The van der Waals surface area contributed by atoms with Crippen LogP contribution < -0.4 is 10.6 Å². The molecule has 4 rings (SSSR count). The normalized spacial score (nSPS) is 13.6. The van der Waals surface area contributed by atoms with Crippen LogP contribution >= 0.6 is 35.2 Å². The zero-order valence-electron chi connectivity index (χ0n) is 17.8. The van der Waals surface area contributed by atoms with Crippen molar-refractivity contribution in [3.05, 3.63) is 63.2 Å². The van der Waals surface area contributed by atoms with E-state index in [4.69, 9.17) is 28.6 Å². The maximum Gasteiger partial charge on any atom is 0.341 e. The van der Waals surface area contributed by atoms with Crippen molar-refractivity contribution in [2.45, 2.75) is 45.1 Å². The number of nitrogens with zero attached hydrogens (tertiary/aromatic N) is 2. The molecule has 2 heterocycles. The predicted octanol–water partition coefficient (Wildman–Crippen LogP) is 5.90. The summed E-state index contributed by atoms with van der Waals surface area (Å²) in [6, 6.07) is 7.69. The van der Waals surface area contributed by atoms with Gasteiger partial charge in [-0.1, -0.05) is 42.6 Å². The quantitative estimate of drug-likeness (QED) is 0.344. The van der Waals surface area contributed by atoms with Gasteiger partial charge in [-0.15, -0.1) is 11.3 Å². The van der Waals surface area contributed by atoms with Crippen molar-refractivity contribution in [1.29, 1.82) is 0 Å². The SMILES string of the molecule is COC(=O)c1c(NC(=S)Nc2cnn(Cc3ccccc3Cl)c2)sc2c1CCCCCC2. The molecule has 0 fully saturated rings. The third-order valence-electron chi connectivity index (χ3n) is 5.47. The molecule has 0 spiro atoms. The fourth-order valence-electron chi connectivity index (χ4n) is 3.91. The fraction of sp³-hybridized carbons (Fsp3) is 0.348. The molecule has 0 saturated heterocycles. The number of halogens is 1. The molecule has 2 aromatic heterocycles. The van der Waals surface area contributed by atoms with Crippen LogP contribution in [0.1, 0.15) is 52.0 Å². The van der Waals surface area contributed by atoms with Gasteiger partial charge in [-0.3, -0.25) is 4.68 Å². The Morgan fingerprint density at radius 3 is 2.78 bits per heavy atom. The van der Waals surface area contributed by atoms with Gasteiger partial charge in [0.25, 0.3) is 0 Å². The van der Waals surface area contributed by atoms with Gasteiger partial charge in [0.1, 0.15) is 5.00 Å². The van der Waals surface area contributed by atoms with Gasteiger partial charge in [0, 0.05) is 16.1 Å². The second-order valence-corrected chi connectivity index (χ2v) is 9.63. The summed E-state index contributed by atoms with van der Waals surface area (Å²) in [5.74, 6) is -0.319. The molecule has 0 bridgehead atoms. The first-order chi connectivity index (χ1) is 15.5. The van der Waals surface area contributed by atoms with E-state index in [9.17, 15) is 4.79 Å². The van der Waals surface area contributed by atoms with Crippen molar-refractivity contribution in [2.75, 3.05) is 17.7 Å². The second kappa shape index (κ2) is 10.5. The number of hydrogen-bond donors (Lipinski definition) is 2. The maximum atomic E-state index is 12.6. The van der Waals surface area contributed by atoms with Crippen molar-refractivity contribution < 1.29 is 9.53 Å². The number of esters is 1. The van der Waals surface area contributed by atoms with Gasteiger partial charge >= 0.3 is 5.97 Å². The van der Waals surface area contributed by atoms with Gasteiger partial charge in [0.15, 0.2) is 5.11 Å². The van der Waals surface area contributed by atoms with Crippen LogP contribution in [0.5, 0.6) is 0 Å². The number of nitrogens with one attached hydrogen (secondary N) is 2. The summed E-state index contributed by atoms with van der Waals surface area (Å²) in [6.07, 6.45) is 10.1. The number of aryl methyl sites for hydroxylation is 1. The molecule has 0 radical (unpaired) electrons. The highest BCUT2D eigenvalue weighted by Gasteiger charge is 2.25. The lowest BCUT2D eigenvalue weighted by molar-refractivity contribution is 0.0601. The number of carbonyl (C=O) groups excluding carboxylic acids is 1. The lowest BCUT2D eigenvalue weighted by atomic mass is 9.96. The number of rotatable bonds is 5. The Hall–Kier alpha value is -2.42. The van der Waals surface area contributed by atoms with Crippen molar-refractivity contribution in [2.24, 2.45) is 0 Å². The number of aromatic nitrogens is 2. The average molecular weight is 489 g/mol. The van der Waals surface area contributed by atoms with Crippen molar-refractivity contribution in [1.82, 2.24) is 9.78 Å². The second-order valence-electron chi connectivity index (χ2n) is 7.71. The molecule has 0 unspecified atom stereocenters. The van der Waals surface area contributed by atoms with E-state index in [1.165, 1.54) is 24.8 Å². The Labute approximate surface area is 201 Å². The summed E-state index contributed by atoms with van der Waals surface area (Å²) in [5.41, 5.74) is 3.47. The number of thiocarbonyl (C=S) groups is 1. The van der Waals surface area contributed by atoms with E-state index in [0.29, 0.717) is 22.2 Å². The molecular weight excluding hydrogens is 464 g/mol. The van der Waals surface area contributed by atoms with Crippen LogP contribution in [0.25, 0.3) is 0 Å². The molecule has 1 aromatic carbocycles. The molecule has 1 aliphatic rings. The molecule has 0 saturated carbocycles. The van der Waals surface area contributed by atoms with Crippen LogP contribution in [-0.2, 0) is 24.1 Å². The van der Waals surface area contributed by atoms with E-state index >= 15 is 0 Å². The van der Waals surface area contributed by atoms with Crippen LogP contribution in [0.15, 0.2) is 36.7 Å². The van der Waals surface area contributed by atoms with Gasteiger partial charge < -0.3 is 15.4 Å². The first-order valence-corrected chi connectivity index (χ1v) is 12.2. The molecule has 6 nitrogen and oxygen atoms in total. The Bertz CT molecular complexity index is 1130. The molecule has 1 aliphatic carbocycles. The summed E-state index contributed by atoms with van der Waals surface area (Å²) in [6.45, 7) is 0.561. The molecular formula is C23H25ClN4O2S2. The zero-order chi connectivity index (χ0) is 22.5. The molecule has 0 atom stereocenters. The van der Waals surface area contributed by atoms with Crippen molar-refractivity contribution in [3.63, 3.8) is 0 Å². The highest BCUT2D eigenvalue weighted by Crippen LogP contribution is 2.37. The van der Waals surface area contributed by atoms with Crippen LogP contribution in [0, 0.1) is 0 Å². The number of ether oxygens (including phenoxy) is 1. The topological polar surface area (TPSA) is 68.2 Å². The number of hydrogen-bond acceptors (Lipinski definition) is 5. The molecule has 168 valence electrons. The van der Waals surface area contributed by atoms with Crippen LogP contribution in [0.3, 0.4) is 0 Å². The first kappa shape index (κ1) is 22.8. The molecule has 32 heavy (non-hydrogen) atoms. The minimum absolute atomic E-state index is 0.319. The zero-order valence-corrected chi connectivity index (χ0v) is 20.2. The summed E-state index contributed by atoms with van der Waals surface area (Å²) in [4.78, 5) is 13.8. The largest absolute Gasteiger partial charge is 0.465 e. The fourth-order valence-corrected chi connectivity index (χ4v) is 5.67. The van der Waals surface area contributed by atoms with Gasteiger partial charge in [-0.05, 0) is 55.1 Å². The third-order valence-corrected chi connectivity index (χ3v) is 7.25. The lowest BCUT2D eigenvalue weighted by Crippen LogP contribution is -2.20. The van der Waals surface area contributed by atoms with E-state index in [-0.39, 0.29) is 5.97 Å². The standard InChI is InChI=1S/C23H25ClN4O2S2/c1-30-22(29)20-17-9-4-2-3-5-11-19(17)32-21(20)27-23(31)26-16-12-25-28(14-16)13-15-8-6-7-10-18(15)24/h6-8,10,12,14H,2-5,9,11,13H2,1H3,(H2,26,27,31). The summed E-state index contributed by atoms with van der Waals surface area (Å²) < 4.78 is 6.88. The predicted molar refractivity (Wildman–Crippen MR) is 134 cm³/mol. The van der Waals surface area contributed by atoms with Crippen LogP contribution in [-0.4, -0.2) is 28.0 Å². The summed E-state index contributed by atoms with van der Waals surface area (Å²) in [5, 5.41) is 12.6. The van der Waals surface area contributed by atoms with E-state index in [1.54, 1.807) is 22.2 Å². The van der Waals surface area contributed by atoms with E-state index in [2.05, 4.69) is 15.7 Å². The van der Waals surface area contributed by atoms with Gasteiger partial charge in [-0.2, -0.15) is 5.10 Å². The highest BCUT2D eigenvalue weighted by molar-refractivity contribution is 7.80. The molecule has 9 heteroatoms. The highest BCUT2D eigenvalue weighted by atomic mass is 35.5. The Kier molecular flexibility index (Phi) is 7.44. The summed E-state index contributed by atoms with van der Waals surface area (Å²) in [7, 11) is 1.42. The minimum Gasteiger partial charge on any atom is -0.465 e. The van der Waals surface area contributed by atoms with E-state index in [1.807, 2.05) is 30.5 Å². The van der Waals surface area contributed by atoms with Gasteiger partial charge in [0.2, 0.25) is 0 Å². The van der Waals surface area contributed by atoms with Crippen molar-refractivity contribution >= 4 is 56.9 Å². The molecule has 2 N–H and O–H groups in total. The number of methoxy groups -OCH3 is 1. The van der Waals surface area contributed by atoms with Crippen LogP contribution in [0.4, 0.5) is 10.7 Å². The Morgan fingerprint density at radius 2 is 2.00 bits per heavy atom. The Balaban J connectivity index is 1.47. The Morgan fingerprint density at radius 1 is 1.22 bits per heavy atom. The first-order valence-electron chi connectivity index (χ1n) is 10.6. The van der Waals surface area contributed by atoms with E-state index < -0.39 is 0 Å². The van der Waals surface area contributed by atoms with Gasteiger partial charge in [-0.25, -0.2) is 4.79 Å². The monoisotopic (exact) mass is 488 g/mol. The third kappa shape index (κ3) is 5.31. The number of anilines is 2. The van der Waals surface area contributed by atoms with E-state index in [0.717, 1.165) is 47.5 Å². The van der Waals surface area contributed by atoms with Crippen LogP contribution in [0.2, 0.25) is 5.02 Å². The van der Waals surface area contributed by atoms with Gasteiger partial charge in [0.05, 0.1) is 31.1 Å². The number of benzene rings is 1. The minimum atomic E-state index is -0.319.